The molecular weight excluding hydrogens is 264 g/mol. The minimum atomic E-state index is 0.0457. The van der Waals surface area contributed by atoms with Crippen LogP contribution in [0.2, 0.25) is 0 Å². The maximum atomic E-state index is 11.8. The molecule has 2 aliphatic rings. The average molecular weight is 282 g/mol. The molecule has 1 amide bonds. The SMILES string of the molecule is O=C(Nc1nc2cccc(C3=CCCCC3)n2n1)C1CC1. The van der Waals surface area contributed by atoms with E-state index in [2.05, 4.69) is 27.5 Å². The van der Waals surface area contributed by atoms with Gasteiger partial charge in [-0.1, -0.05) is 12.1 Å². The third kappa shape index (κ3) is 2.44. The van der Waals surface area contributed by atoms with Gasteiger partial charge < -0.3 is 0 Å². The standard InChI is InChI=1S/C16H18N4O/c21-15(12-9-10-12)18-16-17-14-8-4-7-13(20(14)19-16)11-5-2-1-3-6-11/h4-5,7-8,12H,1-3,6,9-10H2,(H,18,19,21). The summed E-state index contributed by atoms with van der Waals surface area (Å²) < 4.78 is 1.85. The number of nitrogens with one attached hydrogen (secondary N) is 1. The zero-order valence-electron chi connectivity index (χ0n) is 11.9. The number of hydrogen-bond donors (Lipinski definition) is 1. The number of carbonyl (C=O) groups is 1. The Balaban J connectivity index is 1.69. The minimum absolute atomic E-state index is 0.0457. The van der Waals surface area contributed by atoms with Crippen LogP contribution in [-0.2, 0) is 4.79 Å². The second-order valence-electron chi connectivity index (χ2n) is 5.86. The van der Waals surface area contributed by atoms with E-state index >= 15 is 0 Å². The Labute approximate surface area is 123 Å². The summed E-state index contributed by atoms with van der Waals surface area (Å²) in [6.07, 6.45) is 8.97. The molecule has 0 aliphatic heterocycles. The summed E-state index contributed by atoms with van der Waals surface area (Å²) in [5.41, 5.74) is 3.20. The molecule has 1 fully saturated rings. The van der Waals surface area contributed by atoms with Gasteiger partial charge in [-0.15, -0.1) is 5.10 Å². The van der Waals surface area contributed by atoms with Gasteiger partial charge in [0.05, 0.1) is 5.69 Å². The lowest BCUT2D eigenvalue weighted by Gasteiger charge is -2.13. The first-order valence-corrected chi connectivity index (χ1v) is 7.67. The van der Waals surface area contributed by atoms with Crippen LogP contribution in [0.15, 0.2) is 24.3 Å². The molecule has 1 N–H and O–H groups in total. The molecule has 0 radical (unpaired) electrons. The van der Waals surface area contributed by atoms with E-state index in [1.807, 2.05) is 16.6 Å². The maximum Gasteiger partial charge on any atom is 0.249 e. The van der Waals surface area contributed by atoms with Crippen LogP contribution in [0.5, 0.6) is 0 Å². The van der Waals surface area contributed by atoms with E-state index in [-0.39, 0.29) is 11.8 Å². The van der Waals surface area contributed by atoms with Gasteiger partial charge in [-0.2, -0.15) is 4.98 Å². The van der Waals surface area contributed by atoms with Crippen molar-refractivity contribution >= 4 is 23.1 Å². The number of hydrogen-bond acceptors (Lipinski definition) is 3. The summed E-state index contributed by atoms with van der Waals surface area (Å²) in [4.78, 5) is 16.2. The van der Waals surface area contributed by atoms with Crippen molar-refractivity contribution in [2.45, 2.75) is 38.5 Å². The van der Waals surface area contributed by atoms with Crippen LogP contribution < -0.4 is 5.32 Å². The third-order valence-electron chi connectivity index (χ3n) is 4.16. The normalized spacial score (nSPS) is 18.6. The maximum absolute atomic E-state index is 11.8. The molecule has 0 atom stereocenters. The van der Waals surface area contributed by atoms with Crippen LogP contribution in [0.4, 0.5) is 5.95 Å². The molecule has 5 nitrogen and oxygen atoms in total. The lowest BCUT2D eigenvalue weighted by Crippen LogP contribution is -2.14. The molecule has 0 saturated heterocycles. The summed E-state index contributed by atoms with van der Waals surface area (Å²) >= 11 is 0. The number of aromatic nitrogens is 3. The fraction of sp³-hybridized carbons (Fsp3) is 0.438. The van der Waals surface area contributed by atoms with Gasteiger partial charge in [0.1, 0.15) is 0 Å². The van der Waals surface area contributed by atoms with E-state index in [1.54, 1.807) is 0 Å². The topological polar surface area (TPSA) is 59.3 Å². The van der Waals surface area contributed by atoms with Gasteiger partial charge in [0.2, 0.25) is 11.9 Å². The van der Waals surface area contributed by atoms with E-state index in [4.69, 9.17) is 0 Å². The molecule has 2 aromatic rings. The number of anilines is 1. The summed E-state index contributed by atoms with van der Waals surface area (Å²) in [5, 5.41) is 7.29. The second kappa shape index (κ2) is 4.98. The van der Waals surface area contributed by atoms with Crippen molar-refractivity contribution in [1.29, 1.82) is 0 Å². The summed E-state index contributed by atoms with van der Waals surface area (Å²) in [7, 11) is 0. The van der Waals surface area contributed by atoms with Crippen LogP contribution in [0.25, 0.3) is 11.2 Å². The van der Waals surface area contributed by atoms with E-state index in [0.29, 0.717) is 5.95 Å². The number of fused-ring (bicyclic) bond motifs is 1. The highest BCUT2D eigenvalue weighted by Gasteiger charge is 2.30. The second-order valence-corrected chi connectivity index (χ2v) is 5.86. The summed E-state index contributed by atoms with van der Waals surface area (Å²) in [6.45, 7) is 0. The van der Waals surface area contributed by atoms with E-state index in [0.717, 1.165) is 37.0 Å². The number of pyridine rings is 1. The molecule has 0 unspecified atom stereocenters. The predicted octanol–water partition coefficient (Wildman–Crippen LogP) is 3.04. The fourth-order valence-corrected chi connectivity index (χ4v) is 2.83. The van der Waals surface area contributed by atoms with Gasteiger partial charge in [-0.05, 0) is 56.2 Å². The molecule has 2 aromatic heterocycles. The Morgan fingerprint density at radius 2 is 2.19 bits per heavy atom. The first kappa shape index (κ1) is 12.6. The Bertz CT molecular complexity index is 727. The molecule has 5 heteroatoms. The quantitative estimate of drug-likeness (QED) is 0.941. The Kier molecular flexibility index (Phi) is 2.98. The van der Waals surface area contributed by atoms with Crippen molar-refractivity contribution in [3.05, 3.63) is 30.0 Å². The fourth-order valence-electron chi connectivity index (χ4n) is 2.83. The van der Waals surface area contributed by atoms with Crippen molar-refractivity contribution in [3.8, 4) is 0 Å². The van der Waals surface area contributed by atoms with Gasteiger partial charge in [0.15, 0.2) is 5.65 Å². The number of rotatable bonds is 3. The van der Waals surface area contributed by atoms with Crippen molar-refractivity contribution in [2.75, 3.05) is 5.32 Å². The van der Waals surface area contributed by atoms with Crippen molar-refractivity contribution < 1.29 is 4.79 Å². The number of amides is 1. The van der Waals surface area contributed by atoms with Gasteiger partial charge >= 0.3 is 0 Å². The van der Waals surface area contributed by atoms with Crippen molar-refractivity contribution in [3.63, 3.8) is 0 Å². The Morgan fingerprint density at radius 1 is 1.29 bits per heavy atom. The zero-order chi connectivity index (χ0) is 14.2. The molecule has 4 rings (SSSR count). The van der Waals surface area contributed by atoms with Gasteiger partial charge in [0, 0.05) is 5.92 Å². The highest BCUT2D eigenvalue weighted by molar-refractivity contribution is 5.92. The largest absolute Gasteiger partial charge is 0.293 e. The van der Waals surface area contributed by atoms with Crippen LogP contribution >= 0.6 is 0 Å². The average Bonchev–Trinajstić information content (AvgIpc) is 3.28. The van der Waals surface area contributed by atoms with Crippen molar-refractivity contribution in [2.24, 2.45) is 5.92 Å². The Hall–Kier alpha value is -2.17. The summed E-state index contributed by atoms with van der Waals surface area (Å²) in [5.74, 6) is 0.622. The van der Waals surface area contributed by atoms with Gasteiger partial charge in [-0.3, -0.25) is 10.1 Å². The third-order valence-corrected chi connectivity index (χ3v) is 4.16. The minimum Gasteiger partial charge on any atom is -0.293 e. The number of carbonyl (C=O) groups excluding carboxylic acids is 1. The Morgan fingerprint density at radius 3 is 2.95 bits per heavy atom. The predicted molar refractivity (Wildman–Crippen MR) is 80.8 cm³/mol. The molecular formula is C16H18N4O. The molecule has 0 bridgehead atoms. The zero-order valence-corrected chi connectivity index (χ0v) is 11.9. The van der Waals surface area contributed by atoms with Crippen LogP contribution in [-0.4, -0.2) is 20.5 Å². The van der Waals surface area contributed by atoms with Gasteiger partial charge in [-0.25, -0.2) is 4.52 Å². The number of allylic oxidation sites excluding steroid dienone is 2. The molecule has 2 aliphatic carbocycles. The first-order chi connectivity index (χ1) is 10.3. The van der Waals surface area contributed by atoms with E-state index < -0.39 is 0 Å². The smallest absolute Gasteiger partial charge is 0.249 e. The molecule has 21 heavy (non-hydrogen) atoms. The molecule has 0 spiro atoms. The van der Waals surface area contributed by atoms with E-state index in [1.165, 1.54) is 18.4 Å². The lowest BCUT2D eigenvalue weighted by molar-refractivity contribution is -0.117. The number of nitrogens with zero attached hydrogens (tertiary/aromatic N) is 3. The molecule has 0 aromatic carbocycles. The van der Waals surface area contributed by atoms with Crippen LogP contribution in [0, 0.1) is 5.92 Å². The molecule has 1 saturated carbocycles. The monoisotopic (exact) mass is 282 g/mol. The highest BCUT2D eigenvalue weighted by Crippen LogP contribution is 2.30. The van der Waals surface area contributed by atoms with Crippen LogP contribution in [0.3, 0.4) is 0 Å². The van der Waals surface area contributed by atoms with Gasteiger partial charge in [0.25, 0.3) is 0 Å². The molecule has 2 heterocycles. The van der Waals surface area contributed by atoms with Crippen LogP contribution in [0.1, 0.15) is 44.2 Å². The highest BCUT2D eigenvalue weighted by atomic mass is 16.2. The van der Waals surface area contributed by atoms with E-state index in [9.17, 15) is 4.79 Å². The molecule has 108 valence electrons. The summed E-state index contributed by atoms with van der Waals surface area (Å²) in [6, 6.07) is 6.00. The lowest BCUT2D eigenvalue weighted by atomic mass is 9.97. The van der Waals surface area contributed by atoms with Crippen molar-refractivity contribution in [1.82, 2.24) is 14.6 Å². The first-order valence-electron chi connectivity index (χ1n) is 7.67.